The number of rotatable bonds is 6. The first kappa shape index (κ1) is 18.1. The summed E-state index contributed by atoms with van der Waals surface area (Å²) < 4.78 is 6.03. The molecular weight excluding hydrogens is 402 g/mol. The van der Waals surface area contributed by atoms with Gasteiger partial charge in [-0.2, -0.15) is 4.98 Å². The van der Waals surface area contributed by atoms with Crippen molar-refractivity contribution in [2.24, 2.45) is 0 Å². The summed E-state index contributed by atoms with van der Waals surface area (Å²) in [5.41, 5.74) is 1.85. The van der Waals surface area contributed by atoms with Gasteiger partial charge >= 0.3 is 6.01 Å². The molecule has 0 aliphatic heterocycles. The van der Waals surface area contributed by atoms with Crippen LogP contribution in [0, 0.1) is 10.1 Å². The number of nitrogens with zero attached hydrogens (tertiary/aromatic N) is 4. The van der Waals surface area contributed by atoms with Crippen LogP contribution in [0.2, 0.25) is 0 Å². The summed E-state index contributed by atoms with van der Waals surface area (Å²) in [5, 5.41) is 22.1. The molecule has 0 saturated carbocycles. The van der Waals surface area contributed by atoms with E-state index in [1.807, 2.05) is 12.1 Å². The second-order valence-electron chi connectivity index (χ2n) is 5.50. The van der Waals surface area contributed by atoms with Gasteiger partial charge in [0.15, 0.2) is 9.92 Å². The molecule has 140 valence electrons. The lowest BCUT2D eigenvalue weighted by Gasteiger charge is -1.98. The summed E-state index contributed by atoms with van der Waals surface area (Å²) in [6.07, 6.45) is 0. The summed E-state index contributed by atoms with van der Waals surface area (Å²) in [6, 6.07) is 13.5. The minimum Gasteiger partial charge on any atom is -0.423 e. The summed E-state index contributed by atoms with van der Waals surface area (Å²) in [6.45, 7) is 0. The number of nitrogens with one attached hydrogen (secondary N) is 1. The van der Waals surface area contributed by atoms with E-state index in [1.54, 1.807) is 24.3 Å². The number of thioether (sulfide) groups is 1. The van der Waals surface area contributed by atoms with Crippen LogP contribution in [0.15, 0.2) is 57.3 Å². The number of nitro groups is 1. The van der Waals surface area contributed by atoms with Crippen molar-refractivity contribution in [2.45, 2.75) is 4.34 Å². The van der Waals surface area contributed by atoms with Crippen molar-refractivity contribution in [3.63, 3.8) is 0 Å². The Balaban J connectivity index is 1.38. The topological polar surface area (TPSA) is 124 Å². The van der Waals surface area contributed by atoms with E-state index >= 15 is 0 Å². The van der Waals surface area contributed by atoms with Gasteiger partial charge in [0.2, 0.25) is 5.91 Å². The molecule has 0 bridgehead atoms. The highest BCUT2D eigenvalue weighted by Crippen LogP contribution is 2.31. The molecule has 1 amide bonds. The van der Waals surface area contributed by atoms with Crippen molar-refractivity contribution >= 4 is 51.8 Å². The van der Waals surface area contributed by atoms with Gasteiger partial charge in [-0.25, -0.2) is 0 Å². The number of non-ortho nitro benzene ring substituents is 1. The molecule has 28 heavy (non-hydrogen) atoms. The van der Waals surface area contributed by atoms with Crippen LogP contribution < -0.4 is 5.32 Å². The number of fused-ring (bicyclic) bond motifs is 1. The number of aromatic nitrogens is 3. The molecule has 0 fully saturated rings. The first-order valence-electron chi connectivity index (χ1n) is 7.95. The van der Waals surface area contributed by atoms with Crippen LogP contribution in [0.4, 0.5) is 11.7 Å². The number of hydrogen-bond donors (Lipinski definition) is 1. The van der Waals surface area contributed by atoms with E-state index in [4.69, 9.17) is 4.42 Å². The minimum absolute atomic E-state index is 0.0142. The van der Waals surface area contributed by atoms with Crippen LogP contribution in [-0.2, 0) is 4.79 Å². The van der Waals surface area contributed by atoms with Gasteiger partial charge in [0, 0.05) is 17.7 Å². The molecule has 0 spiro atoms. The number of carbonyl (C=O) groups is 1. The molecule has 0 aliphatic carbocycles. The Morgan fingerprint density at radius 1 is 1.21 bits per heavy atom. The molecule has 11 heteroatoms. The molecule has 0 unspecified atom stereocenters. The van der Waals surface area contributed by atoms with Gasteiger partial charge in [-0.05, 0) is 12.1 Å². The standard InChI is InChI=1S/C17H11N5O4S2/c23-14(19-16-18-12-6-1-2-7-13(12)26-16)9-27-17-21-20-15(28-17)10-4-3-5-11(8-10)22(24)25/h1-8H,9H2,(H,18,19,23). The largest absolute Gasteiger partial charge is 0.423 e. The molecule has 0 saturated heterocycles. The van der Waals surface area contributed by atoms with E-state index in [0.29, 0.717) is 26.0 Å². The van der Waals surface area contributed by atoms with Gasteiger partial charge in [-0.1, -0.05) is 47.4 Å². The molecule has 2 aromatic carbocycles. The summed E-state index contributed by atoms with van der Waals surface area (Å²) in [7, 11) is 0. The van der Waals surface area contributed by atoms with Gasteiger partial charge in [-0.3, -0.25) is 20.2 Å². The van der Waals surface area contributed by atoms with E-state index in [2.05, 4.69) is 20.5 Å². The van der Waals surface area contributed by atoms with Gasteiger partial charge in [-0.15, -0.1) is 10.2 Å². The maximum Gasteiger partial charge on any atom is 0.302 e. The summed E-state index contributed by atoms with van der Waals surface area (Å²) >= 11 is 2.47. The molecule has 4 rings (SSSR count). The van der Waals surface area contributed by atoms with E-state index in [9.17, 15) is 14.9 Å². The number of hydrogen-bond acceptors (Lipinski definition) is 9. The van der Waals surface area contributed by atoms with Crippen LogP contribution in [0.5, 0.6) is 0 Å². The van der Waals surface area contributed by atoms with Crippen molar-refractivity contribution in [3.05, 3.63) is 58.6 Å². The normalized spacial score (nSPS) is 10.9. The molecule has 2 heterocycles. The third-order valence-corrected chi connectivity index (χ3v) is 5.68. The molecule has 9 nitrogen and oxygen atoms in total. The quantitative estimate of drug-likeness (QED) is 0.286. The maximum atomic E-state index is 12.1. The van der Waals surface area contributed by atoms with Crippen LogP contribution in [0.1, 0.15) is 0 Å². The van der Waals surface area contributed by atoms with Crippen LogP contribution >= 0.6 is 23.1 Å². The SMILES string of the molecule is O=C(CSc1nnc(-c2cccc([N+](=O)[O-])c2)s1)Nc1nc2ccccc2o1. The molecule has 0 radical (unpaired) electrons. The number of amides is 1. The number of carbonyl (C=O) groups excluding carboxylic acids is 1. The van der Waals surface area contributed by atoms with Gasteiger partial charge < -0.3 is 4.42 Å². The average molecular weight is 413 g/mol. The lowest BCUT2D eigenvalue weighted by Crippen LogP contribution is -2.14. The first-order valence-corrected chi connectivity index (χ1v) is 9.75. The predicted octanol–water partition coefficient (Wildman–Crippen LogP) is 3.99. The number of oxazole rings is 1. The maximum absolute atomic E-state index is 12.1. The van der Waals surface area contributed by atoms with E-state index < -0.39 is 4.92 Å². The second-order valence-corrected chi connectivity index (χ2v) is 7.70. The molecule has 0 atom stereocenters. The predicted molar refractivity (Wildman–Crippen MR) is 105 cm³/mol. The number of anilines is 1. The van der Waals surface area contributed by atoms with Crippen molar-refractivity contribution in [3.8, 4) is 10.6 Å². The Morgan fingerprint density at radius 3 is 2.89 bits per heavy atom. The Kier molecular flexibility index (Phi) is 5.00. The number of nitro benzene ring substituents is 1. The second kappa shape index (κ2) is 7.74. The fourth-order valence-corrected chi connectivity index (χ4v) is 3.99. The zero-order valence-electron chi connectivity index (χ0n) is 14.1. The molecule has 2 aromatic heterocycles. The van der Waals surface area contributed by atoms with Crippen molar-refractivity contribution in [2.75, 3.05) is 11.1 Å². The lowest BCUT2D eigenvalue weighted by molar-refractivity contribution is -0.384. The van der Waals surface area contributed by atoms with E-state index in [1.165, 1.54) is 35.2 Å². The van der Waals surface area contributed by atoms with Gasteiger partial charge in [0.25, 0.3) is 5.69 Å². The zero-order chi connectivity index (χ0) is 19.5. The van der Waals surface area contributed by atoms with Crippen molar-refractivity contribution < 1.29 is 14.1 Å². The fourth-order valence-electron chi connectivity index (χ4n) is 2.35. The number of para-hydroxylation sites is 2. The highest BCUT2D eigenvalue weighted by Gasteiger charge is 2.14. The Morgan fingerprint density at radius 2 is 2.07 bits per heavy atom. The summed E-state index contributed by atoms with van der Waals surface area (Å²) in [5.74, 6) is -0.189. The van der Waals surface area contributed by atoms with Gasteiger partial charge in [0.1, 0.15) is 10.5 Å². The average Bonchev–Trinajstić information content (AvgIpc) is 3.33. The van der Waals surface area contributed by atoms with Crippen molar-refractivity contribution in [1.29, 1.82) is 0 Å². The number of benzene rings is 2. The molecule has 0 aliphatic rings. The molecular formula is C17H11N5O4S2. The monoisotopic (exact) mass is 413 g/mol. The van der Waals surface area contributed by atoms with E-state index in [-0.39, 0.29) is 23.4 Å². The Hall–Kier alpha value is -3.31. The Labute approximate surface area is 166 Å². The van der Waals surface area contributed by atoms with Crippen LogP contribution in [0.25, 0.3) is 21.7 Å². The zero-order valence-corrected chi connectivity index (χ0v) is 15.7. The molecule has 4 aromatic rings. The van der Waals surface area contributed by atoms with E-state index in [0.717, 1.165) is 0 Å². The highest BCUT2D eigenvalue weighted by molar-refractivity contribution is 8.01. The lowest BCUT2D eigenvalue weighted by atomic mass is 10.2. The van der Waals surface area contributed by atoms with Crippen molar-refractivity contribution in [1.82, 2.24) is 15.2 Å². The first-order chi connectivity index (χ1) is 13.6. The fraction of sp³-hybridized carbons (Fsp3) is 0.0588. The molecule has 1 N–H and O–H groups in total. The third-order valence-electron chi connectivity index (χ3n) is 3.58. The minimum atomic E-state index is -0.462. The Bertz CT molecular complexity index is 1140. The smallest absolute Gasteiger partial charge is 0.302 e. The highest BCUT2D eigenvalue weighted by atomic mass is 32.2. The van der Waals surface area contributed by atoms with Crippen LogP contribution in [0.3, 0.4) is 0 Å². The summed E-state index contributed by atoms with van der Waals surface area (Å²) in [4.78, 5) is 26.7. The van der Waals surface area contributed by atoms with Gasteiger partial charge in [0.05, 0.1) is 10.7 Å². The van der Waals surface area contributed by atoms with Crippen LogP contribution in [-0.4, -0.2) is 31.8 Å². The third kappa shape index (κ3) is 4.00.